The monoisotopic (exact) mass is 343 g/mol. The summed E-state index contributed by atoms with van der Waals surface area (Å²) in [5, 5.41) is 3.17. The summed E-state index contributed by atoms with van der Waals surface area (Å²) < 4.78 is 14.5. The average Bonchev–Trinajstić information content (AvgIpc) is 2.32. The molecule has 2 rings (SSSR count). The quantitative estimate of drug-likeness (QED) is 0.869. The molecule has 1 aromatic carbocycles. The van der Waals surface area contributed by atoms with Gasteiger partial charge in [0, 0.05) is 11.8 Å². The molecule has 1 unspecified atom stereocenters. The molecule has 1 heterocycles. The lowest BCUT2D eigenvalue weighted by atomic mass is 10.1. The van der Waals surface area contributed by atoms with Crippen LogP contribution < -0.4 is 5.32 Å². The molecular weight excluding hydrogens is 332 g/mol. The SMILES string of the molecule is CC(Nc1ncncc1I)c1ccccc1F. The molecule has 17 heavy (non-hydrogen) atoms. The minimum absolute atomic E-state index is 0.139. The topological polar surface area (TPSA) is 37.8 Å². The third-order valence-electron chi connectivity index (χ3n) is 2.39. The van der Waals surface area contributed by atoms with E-state index >= 15 is 0 Å². The minimum Gasteiger partial charge on any atom is -0.362 e. The maximum Gasteiger partial charge on any atom is 0.143 e. The lowest BCUT2D eigenvalue weighted by molar-refractivity contribution is 0.600. The van der Waals surface area contributed by atoms with Gasteiger partial charge in [-0.1, -0.05) is 18.2 Å². The van der Waals surface area contributed by atoms with Crippen molar-refractivity contribution in [3.8, 4) is 0 Å². The molecule has 0 aliphatic heterocycles. The molecule has 0 saturated heterocycles. The van der Waals surface area contributed by atoms with Crippen LogP contribution in [0.1, 0.15) is 18.5 Å². The molecule has 1 aromatic heterocycles. The number of nitrogens with zero attached hydrogens (tertiary/aromatic N) is 2. The van der Waals surface area contributed by atoms with Crippen LogP contribution in [0, 0.1) is 9.39 Å². The Bertz CT molecular complexity index is 519. The molecule has 88 valence electrons. The van der Waals surface area contributed by atoms with Gasteiger partial charge in [-0.2, -0.15) is 0 Å². The van der Waals surface area contributed by atoms with E-state index in [0.29, 0.717) is 5.56 Å². The Hall–Kier alpha value is -1.24. The molecule has 0 aliphatic rings. The van der Waals surface area contributed by atoms with Crippen LogP contribution in [0.15, 0.2) is 36.8 Å². The summed E-state index contributed by atoms with van der Waals surface area (Å²) in [5.41, 5.74) is 0.627. The van der Waals surface area contributed by atoms with Crippen molar-refractivity contribution < 1.29 is 4.39 Å². The Kier molecular flexibility index (Phi) is 3.88. The van der Waals surface area contributed by atoms with Crippen molar-refractivity contribution in [3.05, 3.63) is 51.7 Å². The van der Waals surface area contributed by atoms with Gasteiger partial charge in [-0.05, 0) is 35.6 Å². The van der Waals surface area contributed by atoms with Crippen molar-refractivity contribution in [2.24, 2.45) is 0 Å². The normalized spacial score (nSPS) is 12.2. The molecule has 0 fully saturated rings. The Balaban J connectivity index is 2.20. The van der Waals surface area contributed by atoms with Crippen LogP contribution in [0.2, 0.25) is 0 Å². The zero-order valence-corrected chi connectivity index (χ0v) is 11.3. The number of anilines is 1. The summed E-state index contributed by atoms with van der Waals surface area (Å²) in [4.78, 5) is 8.03. The molecule has 0 spiro atoms. The van der Waals surface area contributed by atoms with E-state index in [2.05, 4.69) is 37.9 Å². The van der Waals surface area contributed by atoms with Crippen molar-refractivity contribution in [2.45, 2.75) is 13.0 Å². The summed E-state index contributed by atoms with van der Waals surface area (Å²) >= 11 is 2.14. The summed E-state index contributed by atoms with van der Waals surface area (Å²) in [7, 11) is 0. The van der Waals surface area contributed by atoms with Crippen LogP contribution in [-0.2, 0) is 0 Å². The first-order chi connectivity index (χ1) is 8.18. The summed E-state index contributed by atoms with van der Waals surface area (Å²) in [6.07, 6.45) is 3.18. The smallest absolute Gasteiger partial charge is 0.143 e. The molecule has 3 nitrogen and oxygen atoms in total. The summed E-state index contributed by atoms with van der Waals surface area (Å²) in [6, 6.07) is 6.58. The fourth-order valence-corrected chi connectivity index (χ4v) is 1.98. The predicted molar refractivity (Wildman–Crippen MR) is 73.2 cm³/mol. The Labute approximate surface area is 113 Å². The molecule has 0 saturated carbocycles. The molecule has 1 atom stereocenters. The molecule has 0 amide bonds. The van der Waals surface area contributed by atoms with Crippen molar-refractivity contribution in [1.82, 2.24) is 9.97 Å². The van der Waals surface area contributed by atoms with Gasteiger partial charge in [-0.3, -0.25) is 0 Å². The molecule has 0 bridgehead atoms. The van der Waals surface area contributed by atoms with E-state index in [4.69, 9.17) is 0 Å². The summed E-state index contributed by atoms with van der Waals surface area (Å²) in [6.45, 7) is 1.90. The van der Waals surface area contributed by atoms with Gasteiger partial charge >= 0.3 is 0 Å². The number of benzene rings is 1. The lowest BCUT2D eigenvalue weighted by Crippen LogP contribution is -2.10. The number of nitrogens with one attached hydrogen (secondary N) is 1. The van der Waals surface area contributed by atoms with Crippen LogP contribution >= 0.6 is 22.6 Å². The Morgan fingerprint density at radius 1 is 1.35 bits per heavy atom. The van der Waals surface area contributed by atoms with E-state index in [1.54, 1.807) is 18.3 Å². The van der Waals surface area contributed by atoms with Gasteiger partial charge in [0.1, 0.15) is 18.0 Å². The van der Waals surface area contributed by atoms with Crippen molar-refractivity contribution in [1.29, 1.82) is 0 Å². The predicted octanol–water partition coefficient (Wildman–Crippen LogP) is 3.39. The molecule has 2 aromatic rings. The van der Waals surface area contributed by atoms with Crippen molar-refractivity contribution in [2.75, 3.05) is 5.32 Å². The molecule has 0 radical (unpaired) electrons. The second-order valence-electron chi connectivity index (χ2n) is 3.61. The highest BCUT2D eigenvalue weighted by Crippen LogP contribution is 2.22. The van der Waals surface area contributed by atoms with Gasteiger partial charge in [-0.25, -0.2) is 14.4 Å². The highest BCUT2D eigenvalue weighted by atomic mass is 127. The van der Waals surface area contributed by atoms with Crippen LogP contribution in [0.25, 0.3) is 0 Å². The Morgan fingerprint density at radius 3 is 2.82 bits per heavy atom. The van der Waals surface area contributed by atoms with E-state index in [0.717, 1.165) is 9.39 Å². The highest BCUT2D eigenvalue weighted by molar-refractivity contribution is 14.1. The maximum absolute atomic E-state index is 13.6. The van der Waals surface area contributed by atoms with Gasteiger partial charge in [0.2, 0.25) is 0 Å². The first kappa shape index (κ1) is 12.2. The van der Waals surface area contributed by atoms with E-state index < -0.39 is 0 Å². The second kappa shape index (κ2) is 5.39. The van der Waals surface area contributed by atoms with Crippen molar-refractivity contribution in [3.63, 3.8) is 0 Å². The van der Waals surface area contributed by atoms with E-state index in [1.165, 1.54) is 12.4 Å². The van der Waals surface area contributed by atoms with Crippen molar-refractivity contribution >= 4 is 28.4 Å². The molecular formula is C12H11FIN3. The second-order valence-corrected chi connectivity index (χ2v) is 4.77. The third-order valence-corrected chi connectivity index (χ3v) is 3.18. The number of halogens is 2. The van der Waals surface area contributed by atoms with Gasteiger partial charge in [0.15, 0.2) is 0 Å². The average molecular weight is 343 g/mol. The highest BCUT2D eigenvalue weighted by Gasteiger charge is 2.11. The van der Waals surface area contributed by atoms with E-state index in [9.17, 15) is 4.39 Å². The number of rotatable bonds is 3. The van der Waals surface area contributed by atoms with Gasteiger partial charge in [-0.15, -0.1) is 0 Å². The molecule has 0 aliphatic carbocycles. The number of hydrogen-bond donors (Lipinski definition) is 1. The van der Waals surface area contributed by atoms with Crippen LogP contribution in [0.3, 0.4) is 0 Å². The van der Waals surface area contributed by atoms with Gasteiger partial charge in [0.05, 0.1) is 9.61 Å². The fourth-order valence-electron chi connectivity index (χ4n) is 1.53. The minimum atomic E-state index is -0.212. The first-order valence-electron chi connectivity index (χ1n) is 5.15. The molecule has 1 N–H and O–H groups in total. The van der Waals surface area contributed by atoms with Gasteiger partial charge in [0.25, 0.3) is 0 Å². The van der Waals surface area contributed by atoms with E-state index in [-0.39, 0.29) is 11.9 Å². The van der Waals surface area contributed by atoms with Crippen LogP contribution in [-0.4, -0.2) is 9.97 Å². The van der Waals surface area contributed by atoms with Crippen LogP contribution in [0.5, 0.6) is 0 Å². The Morgan fingerprint density at radius 2 is 2.12 bits per heavy atom. The summed E-state index contributed by atoms with van der Waals surface area (Å²) in [5.74, 6) is 0.507. The van der Waals surface area contributed by atoms with Crippen LogP contribution in [0.4, 0.5) is 10.2 Å². The fraction of sp³-hybridized carbons (Fsp3) is 0.167. The number of aromatic nitrogens is 2. The van der Waals surface area contributed by atoms with Gasteiger partial charge < -0.3 is 5.32 Å². The first-order valence-corrected chi connectivity index (χ1v) is 6.23. The zero-order valence-electron chi connectivity index (χ0n) is 9.19. The molecule has 5 heteroatoms. The maximum atomic E-state index is 13.6. The number of hydrogen-bond acceptors (Lipinski definition) is 3. The largest absolute Gasteiger partial charge is 0.362 e. The lowest BCUT2D eigenvalue weighted by Gasteiger charge is -2.16. The third kappa shape index (κ3) is 2.91. The van der Waals surface area contributed by atoms with E-state index in [1.807, 2.05) is 13.0 Å². The standard InChI is InChI=1S/C12H11FIN3/c1-8(9-4-2-3-5-10(9)13)17-12-11(14)6-15-7-16-12/h2-8H,1H3,(H,15,16,17). The zero-order chi connectivity index (χ0) is 12.3.